The second kappa shape index (κ2) is 6.08. The van der Waals surface area contributed by atoms with Crippen molar-refractivity contribution in [1.29, 1.82) is 0 Å². The Morgan fingerprint density at radius 1 is 1.20 bits per heavy atom. The summed E-state index contributed by atoms with van der Waals surface area (Å²) in [5.41, 5.74) is 2.60. The van der Waals surface area contributed by atoms with Crippen LogP contribution in [0.1, 0.15) is 36.4 Å². The summed E-state index contributed by atoms with van der Waals surface area (Å²) < 4.78 is 5.48. The highest BCUT2D eigenvalue weighted by molar-refractivity contribution is 6.11. The van der Waals surface area contributed by atoms with Crippen molar-refractivity contribution in [3.05, 3.63) is 41.6 Å². The summed E-state index contributed by atoms with van der Waals surface area (Å²) in [5.74, 6) is -0.370. The van der Waals surface area contributed by atoms with Crippen LogP contribution in [0, 0.1) is 0 Å². The number of fused-ring (bicyclic) bond motifs is 3. The zero-order valence-corrected chi connectivity index (χ0v) is 14.4. The van der Waals surface area contributed by atoms with Gasteiger partial charge in [-0.05, 0) is 49.0 Å². The number of hydrogen-bond donors (Lipinski definition) is 0. The van der Waals surface area contributed by atoms with Gasteiger partial charge in [-0.3, -0.25) is 9.59 Å². The number of carbonyl (C=O) groups is 2. The average molecular weight is 336 g/mol. The Hall–Kier alpha value is -2.53. The zero-order valence-electron chi connectivity index (χ0n) is 14.4. The van der Waals surface area contributed by atoms with E-state index < -0.39 is 0 Å². The third kappa shape index (κ3) is 2.85. The first-order valence-electron chi connectivity index (χ1n) is 8.53. The molecule has 3 aromatic rings. The SMILES string of the molecule is CN(C)Cc1ccc2c(ccc3onc(C4CCC(=O)CC4=O)c32)c1. The summed E-state index contributed by atoms with van der Waals surface area (Å²) in [5, 5.41) is 7.25. The molecule has 5 nitrogen and oxygen atoms in total. The second-order valence-corrected chi connectivity index (χ2v) is 7.07. The van der Waals surface area contributed by atoms with Crippen molar-refractivity contribution in [2.24, 2.45) is 0 Å². The molecule has 0 radical (unpaired) electrons. The van der Waals surface area contributed by atoms with Gasteiger partial charge in [0.05, 0.1) is 17.7 Å². The van der Waals surface area contributed by atoms with Crippen LogP contribution in [0.25, 0.3) is 21.7 Å². The van der Waals surface area contributed by atoms with Crippen molar-refractivity contribution in [3.63, 3.8) is 0 Å². The largest absolute Gasteiger partial charge is 0.356 e. The second-order valence-electron chi connectivity index (χ2n) is 7.07. The predicted octanol–water partition coefficient (Wildman–Crippen LogP) is 3.45. The van der Waals surface area contributed by atoms with E-state index in [-0.39, 0.29) is 23.9 Å². The van der Waals surface area contributed by atoms with Crippen molar-refractivity contribution in [1.82, 2.24) is 10.1 Å². The first kappa shape index (κ1) is 16.0. The fraction of sp³-hybridized carbons (Fsp3) is 0.350. The first-order chi connectivity index (χ1) is 12.0. The summed E-state index contributed by atoms with van der Waals surface area (Å²) in [4.78, 5) is 26.0. The molecule has 1 heterocycles. The summed E-state index contributed by atoms with van der Waals surface area (Å²) in [6, 6.07) is 10.3. The van der Waals surface area contributed by atoms with Crippen molar-refractivity contribution in [3.8, 4) is 0 Å². The first-order valence-corrected chi connectivity index (χ1v) is 8.53. The Morgan fingerprint density at radius 3 is 2.80 bits per heavy atom. The van der Waals surface area contributed by atoms with Crippen LogP contribution >= 0.6 is 0 Å². The van der Waals surface area contributed by atoms with Gasteiger partial charge in [-0.15, -0.1) is 0 Å². The molecule has 0 aliphatic heterocycles. The van der Waals surface area contributed by atoms with Crippen LogP contribution in [0.3, 0.4) is 0 Å². The molecule has 1 unspecified atom stereocenters. The lowest BCUT2D eigenvalue weighted by atomic mass is 9.83. The van der Waals surface area contributed by atoms with Gasteiger partial charge < -0.3 is 9.42 Å². The maximum atomic E-state index is 12.4. The molecule has 0 amide bonds. The standard InChI is InChI=1S/C20H20N2O3/c1-22(2)11-12-3-6-15-13(9-12)4-8-18-19(15)20(21-25-18)16-7-5-14(23)10-17(16)24/h3-4,6,8-9,16H,5,7,10-11H2,1-2H3. The highest BCUT2D eigenvalue weighted by Crippen LogP contribution is 2.36. The van der Waals surface area contributed by atoms with E-state index in [0.717, 1.165) is 22.7 Å². The number of carbonyl (C=O) groups excluding carboxylic acids is 2. The summed E-state index contributed by atoms with van der Waals surface area (Å²) in [6.45, 7) is 0.869. The molecule has 0 saturated heterocycles. The molecule has 1 saturated carbocycles. The highest BCUT2D eigenvalue weighted by atomic mass is 16.5. The third-order valence-electron chi connectivity index (χ3n) is 4.85. The minimum atomic E-state index is -0.342. The van der Waals surface area contributed by atoms with Gasteiger partial charge in [-0.1, -0.05) is 23.4 Å². The Balaban J connectivity index is 1.84. The Bertz CT molecular complexity index is 987. The topological polar surface area (TPSA) is 63.4 Å². The fourth-order valence-corrected chi connectivity index (χ4v) is 3.71. The van der Waals surface area contributed by atoms with Crippen LogP contribution in [0.15, 0.2) is 34.9 Å². The molecule has 25 heavy (non-hydrogen) atoms. The van der Waals surface area contributed by atoms with E-state index in [1.807, 2.05) is 26.2 Å². The monoisotopic (exact) mass is 336 g/mol. The highest BCUT2D eigenvalue weighted by Gasteiger charge is 2.32. The van der Waals surface area contributed by atoms with Crippen LogP contribution in [0.5, 0.6) is 0 Å². The minimum Gasteiger partial charge on any atom is -0.356 e. The van der Waals surface area contributed by atoms with Crippen molar-refractivity contribution < 1.29 is 14.1 Å². The minimum absolute atomic E-state index is 0.0107. The number of nitrogens with zero attached hydrogens (tertiary/aromatic N) is 2. The van der Waals surface area contributed by atoms with Gasteiger partial charge in [0.15, 0.2) is 5.58 Å². The number of aromatic nitrogens is 1. The van der Waals surface area contributed by atoms with Crippen molar-refractivity contribution in [2.75, 3.05) is 14.1 Å². The predicted molar refractivity (Wildman–Crippen MR) is 95.5 cm³/mol. The van der Waals surface area contributed by atoms with Crippen LogP contribution in [0.2, 0.25) is 0 Å². The number of Topliss-reactive ketones (excluding diaryl/α,β-unsaturated/α-hetero) is 2. The lowest BCUT2D eigenvalue weighted by Gasteiger charge is -2.18. The summed E-state index contributed by atoms with van der Waals surface area (Å²) in [6.07, 6.45) is 0.966. The fourth-order valence-electron chi connectivity index (χ4n) is 3.71. The summed E-state index contributed by atoms with van der Waals surface area (Å²) in [7, 11) is 4.09. The van der Waals surface area contributed by atoms with Crippen LogP contribution < -0.4 is 0 Å². The van der Waals surface area contributed by atoms with Gasteiger partial charge in [-0.25, -0.2) is 0 Å². The van der Waals surface area contributed by atoms with Gasteiger partial charge in [0.25, 0.3) is 0 Å². The molecule has 1 aromatic heterocycles. The van der Waals surface area contributed by atoms with E-state index in [9.17, 15) is 9.59 Å². The molecule has 1 atom stereocenters. The molecule has 1 fully saturated rings. The van der Waals surface area contributed by atoms with E-state index in [4.69, 9.17) is 4.52 Å². The van der Waals surface area contributed by atoms with E-state index in [1.165, 1.54) is 5.56 Å². The zero-order chi connectivity index (χ0) is 17.6. The summed E-state index contributed by atoms with van der Waals surface area (Å²) >= 11 is 0. The van der Waals surface area contributed by atoms with Crippen LogP contribution in [-0.2, 0) is 16.1 Å². The van der Waals surface area contributed by atoms with Gasteiger partial charge in [0.2, 0.25) is 0 Å². The molecule has 0 spiro atoms. The molecule has 128 valence electrons. The molecule has 5 heteroatoms. The van der Waals surface area contributed by atoms with E-state index in [1.54, 1.807) is 0 Å². The molecular weight excluding hydrogens is 316 g/mol. The van der Waals surface area contributed by atoms with Crippen molar-refractivity contribution in [2.45, 2.75) is 31.7 Å². The van der Waals surface area contributed by atoms with Gasteiger partial charge in [0, 0.05) is 13.0 Å². The lowest BCUT2D eigenvalue weighted by molar-refractivity contribution is -0.130. The number of benzene rings is 2. The maximum Gasteiger partial charge on any atom is 0.167 e. The number of ketones is 2. The lowest BCUT2D eigenvalue weighted by Crippen LogP contribution is -2.23. The Labute approximate surface area is 145 Å². The Morgan fingerprint density at radius 2 is 2.04 bits per heavy atom. The molecular formula is C20H20N2O3. The van der Waals surface area contributed by atoms with Gasteiger partial charge >= 0.3 is 0 Å². The molecule has 1 aliphatic carbocycles. The van der Waals surface area contributed by atoms with Crippen LogP contribution in [0.4, 0.5) is 0 Å². The maximum absolute atomic E-state index is 12.4. The molecule has 0 N–H and O–H groups in total. The van der Waals surface area contributed by atoms with E-state index in [0.29, 0.717) is 24.1 Å². The molecule has 1 aliphatic rings. The number of hydrogen-bond acceptors (Lipinski definition) is 5. The van der Waals surface area contributed by atoms with E-state index in [2.05, 4.69) is 28.3 Å². The van der Waals surface area contributed by atoms with Gasteiger partial charge in [0.1, 0.15) is 17.3 Å². The molecule has 0 bridgehead atoms. The average Bonchev–Trinajstić information content (AvgIpc) is 2.98. The quantitative estimate of drug-likeness (QED) is 0.686. The smallest absolute Gasteiger partial charge is 0.167 e. The Kier molecular flexibility index (Phi) is 3.88. The molecule has 4 rings (SSSR count). The normalized spacial score (nSPS) is 18.6. The van der Waals surface area contributed by atoms with E-state index >= 15 is 0 Å². The van der Waals surface area contributed by atoms with Crippen molar-refractivity contribution >= 4 is 33.3 Å². The van der Waals surface area contributed by atoms with Crippen LogP contribution in [-0.4, -0.2) is 35.7 Å². The number of rotatable bonds is 3. The van der Waals surface area contributed by atoms with Gasteiger partial charge in [-0.2, -0.15) is 0 Å². The molecule has 2 aromatic carbocycles. The third-order valence-corrected chi connectivity index (χ3v) is 4.85.